The predicted octanol–water partition coefficient (Wildman–Crippen LogP) is 3.36. The number of hydrogen-bond donors (Lipinski definition) is 1. The maximum absolute atomic E-state index is 6.62. The van der Waals surface area contributed by atoms with E-state index in [-0.39, 0.29) is 5.54 Å². The van der Waals surface area contributed by atoms with Gasteiger partial charge in [0.25, 0.3) is 0 Å². The average molecular weight is 203 g/mol. The molecule has 0 heterocycles. The SMILES string of the molecule is Cc1ccccc1C1(N)CCCCC1C. The topological polar surface area (TPSA) is 26.0 Å². The number of aryl methyl sites for hydroxylation is 1. The van der Waals surface area contributed by atoms with Gasteiger partial charge in [-0.05, 0) is 36.8 Å². The number of hydrogen-bond acceptors (Lipinski definition) is 1. The molecule has 1 aromatic rings. The molecule has 0 aliphatic heterocycles. The molecule has 0 bridgehead atoms. The summed E-state index contributed by atoms with van der Waals surface area (Å²) < 4.78 is 0. The molecule has 2 unspecified atom stereocenters. The Morgan fingerprint density at radius 2 is 2.00 bits per heavy atom. The van der Waals surface area contributed by atoms with E-state index < -0.39 is 0 Å². The molecule has 2 atom stereocenters. The Morgan fingerprint density at radius 1 is 1.27 bits per heavy atom. The zero-order chi connectivity index (χ0) is 10.9. The quantitative estimate of drug-likeness (QED) is 0.744. The molecule has 1 saturated carbocycles. The second kappa shape index (κ2) is 3.97. The minimum Gasteiger partial charge on any atom is -0.321 e. The number of nitrogens with two attached hydrogens (primary N) is 1. The second-order valence-electron chi connectivity index (χ2n) is 5.00. The van der Waals surface area contributed by atoms with E-state index >= 15 is 0 Å². The molecule has 1 aliphatic carbocycles. The van der Waals surface area contributed by atoms with Gasteiger partial charge in [0.1, 0.15) is 0 Å². The van der Waals surface area contributed by atoms with Gasteiger partial charge >= 0.3 is 0 Å². The van der Waals surface area contributed by atoms with Crippen molar-refractivity contribution in [1.29, 1.82) is 0 Å². The zero-order valence-electron chi connectivity index (χ0n) is 9.79. The summed E-state index contributed by atoms with van der Waals surface area (Å²) in [5, 5.41) is 0. The van der Waals surface area contributed by atoms with Gasteiger partial charge in [-0.3, -0.25) is 0 Å². The zero-order valence-corrected chi connectivity index (χ0v) is 9.79. The molecule has 2 N–H and O–H groups in total. The van der Waals surface area contributed by atoms with Crippen LogP contribution >= 0.6 is 0 Å². The van der Waals surface area contributed by atoms with E-state index in [1.807, 2.05) is 0 Å². The van der Waals surface area contributed by atoms with Crippen LogP contribution in [0.2, 0.25) is 0 Å². The van der Waals surface area contributed by atoms with Crippen molar-refractivity contribution in [3.05, 3.63) is 35.4 Å². The summed E-state index contributed by atoms with van der Waals surface area (Å²) in [6, 6.07) is 8.58. The molecular formula is C14H21N. The summed E-state index contributed by atoms with van der Waals surface area (Å²) in [6.45, 7) is 4.47. The van der Waals surface area contributed by atoms with Crippen molar-refractivity contribution in [2.45, 2.75) is 45.1 Å². The molecule has 1 heteroatoms. The lowest BCUT2D eigenvalue weighted by Crippen LogP contribution is -2.45. The highest BCUT2D eigenvalue weighted by atomic mass is 14.8. The first-order valence-corrected chi connectivity index (χ1v) is 5.99. The first-order valence-electron chi connectivity index (χ1n) is 5.99. The van der Waals surface area contributed by atoms with E-state index in [9.17, 15) is 0 Å². The van der Waals surface area contributed by atoms with Crippen molar-refractivity contribution < 1.29 is 0 Å². The molecule has 0 amide bonds. The highest BCUT2D eigenvalue weighted by Crippen LogP contribution is 2.40. The van der Waals surface area contributed by atoms with Crippen LogP contribution in [0.25, 0.3) is 0 Å². The molecule has 0 saturated heterocycles. The van der Waals surface area contributed by atoms with Gasteiger partial charge in [0.05, 0.1) is 0 Å². The molecule has 1 fully saturated rings. The van der Waals surface area contributed by atoms with Gasteiger partial charge < -0.3 is 5.73 Å². The van der Waals surface area contributed by atoms with Crippen LogP contribution in [0.1, 0.15) is 43.7 Å². The Balaban J connectivity index is 2.39. The number of benzene rings is 1. The van der Waals surface area contributed by atoms with E-state index in [2.05, 4.69) is 38.1 Å². The molecule has 1 aromatic carbocycles. The molecule has 2 rings (SSSR count). The summed E-state index contributed by atoms with van der Waals surface area (Å²) in [6.07, 6.45) is 5.02. The van der Waals surface area contributed by atoms with Gasteiger partial charge in [0.15, 0.2) is 0 Å². The van der Waals surface area contributed by atoms with Crippen LogP contribution in [0.15, 0.2) is 24.3 Å². The standard InChI is InChI=1S/C14H21N/c1-11-7-3-4-9-13(11)14(15)10-6-5-8-12(14)2/h3-4,7,9,12H,5-6,8,10,15H2,1-2H3. The van der Waals surface area contributed by atoms with Gasteiger partial charge in [-0.2, -0.15) is 0 Å². The van der Waals surface area contributed by atoms with Crippen LogP contribution in [0.5, 0.6) is 0 Å². The lowest BCUT2D eigenvalue weighted by Gasteiger charge is -2.41. The highest BCUT2D eigenvalue weighted by molar-refractivity contribution is 5.33. The summed E-state index contributed by atoms with van der Waals surface area (Å²) in [7, 11) is 0. The van der Waals surface area contributed by atoms with Crippen molar-refractivity contribution >= 4 is 0 Å². The Morgan fingerprint density at radius 3 is 2.67 bits per heavy atom. The molecule has 0 aromatic heterocycles. The normalized spacial score (nSPS) is 31.5. The Bertz CT molecular complexity index is 345. The van der Waals surface area contributed by atoms with E-state index in [0.29, 0.717) is 5.92 Å². The third kappa shape index (κ3) is 1.81. The molecule has 15 heavy (non-hydrogen) atoms. The van der Waals surface area contributed by atoms with Crippen LogP contribution in [-0.4, -0.2) is 0 Å². The fourth-order valence-electron chi connectivity index (χ4n) is 2.87. The van der Waals surface area contributed by atoms with E-state index in [1.54, 1.807) is 0 Å². The highest BCUT2D eigenvalue weighted by Gasteiger charge is 2.36. The summed E-state index contributed by atoms with van der Waals surface area (Å²) in [4.78, 5) is 0. The first kappa shape index (κ1) is 10.7. The summed E-state index contributed by atoms with van der Waals surface area (Å²) >= 11 is 0. The number of rotatable bonds is 1. The molecule has 82 valence electrons. The van der Waals surface area contributed by atoms with Gasteiger partial charge in [-0.15, -0.1) is 0 Å². The Labute approximate surface area is 92.7 Å². The predicted molar refractivity (Wildman–Crippen MR) is 64.7 cm³/mol. The summed E-state index contributed by atoms with van der Waals surface area (Å²) in [5.41, 5.74) is 9.24. The lowest BCUT2D eigenvalue weighted by atomic mass is 9.69. The minimum atomic E-state index is -0.0798. The van der Waals surface area contributed by atoms with Crippen molar-refractivity contribution in [3.63, 3.8) is 0 Å². The third-order valence-electron chi connectivity index (χ3n) is 4.00. The van der Waals surface area contributed by atoms with Crippen LogP contribution in [0, 0.1) is 12.8 Å². The van der Waals surface area contributed by atoms with Gasteiger partial charge in [0, 0.05) is 5.54 Å². The first-order chi connectivity index (χ1) is 7.14. The fourth-order valence-corrected chi connectivity index (χ4v) is 2.87. The van der Waals surface area contributed by atoms with E-state index in [0.717, 1.165) is 6.42 Å². The van der Waals surface area contributed by atoms with Crippen molar-refractivity contribution in [2.24, 2.45) is 11.7 Å². The molecule has 1 aliphatic rings. The Hall–Kier alpha value is -0.820. The van der Waals surface area contributed by atoms with E-state index in [4.69, 9.17) is 5.73 Å². The minimum absolute atomic E-state index is 0.0798. The monoisotopic (exact) mass is 203 g/mol. The van der Waals surface area contributed by atoms with Crippen molar-refractivity contribution in [3.8, 4) is 0 Å². The van der Waals surface area contributed by atoms with Gasteiger partial charge in [-0.1, -0.05) is 44.0 Å². The van der Waals surface area contributed by atoms with Crippen LogP contribution < -0.4 is 5.73 Å². The molecule has 1 nitrogen and oxygen atoms in total. The smallest absolute Gasteiger partial charge is 0.0438 e. The molecular weight excluding hydrogens is 182 g/mol. The largest absolute Gasteiger partial charge is 0.321 e. The maximum Gasteiger partial charge on any atom is 0.0438 e. The lowest BCUT2D eigenvalue weighted by molar-refractivity contribution is 0.206. The van der Waals surface area contributed by atoms with Gasteiger partial charge in [0.2, 0.25) is 0 Å². The molecule has 0 spiro atoms. The second-order valence-corrected chi connectivity index (χ2v) is 5.00. The van der Waals surface area contributed by atoms with Crippen LogP contribution in [-0.2, 0) is 5.54 Å². The summed E-state index contributed by atoms with van der Waals surface area (Å²) in [5.74, 6) is 0.604. The van der Waals surface area contributed by atoms with Crippen LogP contribution in [0.3, 0.4) is 0 Å². The maximum atomic E-state index is 6.62. The van der Waals surface area contributed by atoms with E-state index in [1.165, 1.54) is 30.4 Å². The fraction of sp³-hybridized carbons (Fsp3) is 0.571. The Kier molecular flexibility index (Phi) is 2.83. The van der Waals surface area contributed by atoms with Crippen LogP contribution in [0.4, 0.5) is 0 Å². The average Bonchev–Trinajstić information content (AvgIpc) is 2.23. The van der Waals surface area contributed by atoms with Crippen molar-refractivity contribution in [2.75, 3.05) is 0 Å². The van der Waals surface area contributed by atoms with Gasteiger partial charge in [-0.25, -0.2) is 0 Å². The third-order valence-corrected chi connectivity index (χ3v) is 4.00. The van der Waals surface area contributed by atoms with Crippen molar-refractivity contribution in [1.82, 2.24) is 0 Å². The molecule has 0 radical (unpaired) electrons.